The van der Waals surface area contributed by atoms with Crippen molar-refractivity contribution in [2.45, 2.75) is 17.7 Å². The number of nitrogens with zero attached hydrogens (tertiary/aromatic N) is 3. The van der Waals surface area contributed by atoms with Crippen LogP contribution in [0.15, 0.2) is 47.6 Å². The monoisotopic (exact) mass is 433 g/mol. The summed E-state index contributed by atoms with van der Waals surface area (Å²) in [7, 11) is -0.746. The number of hydrogen-bond donors (Lipinski definition) is 0. The number of aromatic nitrogens is 1. The quantitative estimate of drug-likeness (QED) is 0.464. The van der Waals surface area contributed by atoms with Crippen molar-refractivity contribution < 1.29 is 22.7 Å². The van der Waals surface area contributed by atoms with Crippen molar-refractivity contribution in [3.05, 3.63) is 53.9 Å². The zero-order valence-electron chi connectivity index (χ0n) is 17.3. The summed E-state index contributed by atoms with van der Waals surface area (Å²) in [5.41, 5.74) is 1.98. The van der Waals surface area contributed by atoms with Crippen LogP contribution < -0.4 is 4.90 Å². The Balaban J connectivity index is 1.77. The molecule has 9 heteroatoms. The molecule has 1 aromatic heterocycles. The summed E-state index contributed by atoms with van der Waals surface area (Å²) in [4.78, 5) is 19.0. The van der Waals surface area contributed by atoms with Crippen LogP contribution in [0.5, 0.6) is 0 Å². The smallest absolute Gasteiger partial charge is 0.340 e. The van der Waals surface area contributed by atoms with E-state index in [1.807, 2.05) is 17.0 Å². The highest BCUT2D eigenvalue weighted by Gasteiger charge is 2.25. The van der Waals surface area contributed by atoms with Gasteiger partial charge in [-0.05, 0) is 42.7 Å². The SMILES string of the molecule is CN(C)S(=O)(=O)c1ccc(N2CCOCC2)c(C(=O)OCCCc2cccnc2)c1. The molecule has 1 saturated heterocycles. The lowest BCUT2D eigenvalue weighted by Gasteiger charge is -2.30. The maximum absolute atomic E-state index is 12.9. The number of esters is 1. The van der Waals surface area contributed by atoms with Crippen LogP contribution in [0.2, 0.25) is 0 Å². The molecule has 3 rings (SSSR count). The number of pyridine rings is 1. The molecule has 0 aliphatic carbocycles. The molecule has 162 valence electrons. The fourth-order valence-corrected chi connectivity index (χ4v) is 4.12. The number of anilines is 1. The Morgan fingerprint density at radius 2 is 2.00 bits per heavy atom. The van der Waals surface area contributed by atoms with Gasteiger partial charge in [0, 0.05) is 39.6 Å². The molecule has 2 heterocycles. The summed E-state index contributed by atoms with van der Waals surface area (Å²) >= 11 is 0. The predicted molar refractivity (Wildman–Crippen MR) is 113 cm³/mol. The Hall–Kier alpha value is -2.49. The fraction of sp³-hybridized carbons (Fsp3) is 0.429. The average molecular weight is 434 g/mol. The van der Waals surface area contributed by atoms with E-state index < -0.39 is 16.0 Å². The first-order valence-corrected chi connectivity index (χ1v) is 11.3. The molecule has 1 aromatic carbocycles. The Bertz CT molecular complexity index is 958. The highest BCUT2D eigenvalue weighted by Crippen LogP contribution is 2.27. The molecule has 0 atom stereocenters. The second-order valence-electron chi connectivity index (χ2n) is 7.17. The zero-order chi connectivity index (χ0) is 21.6. The number of benzene rings is 1. The maximum atomic E-state index is 12.9. The zero-order valence-corrected chi connectivity index (χ0v) is 18.1. The van der Waals surface area contributed by atoms with Gasteiger partial charge in [-0.15, -0.1) is 0 Å². The molecule has 8 nitrogen and oxygen atoms in total. The lowest BCUT2D eigenvalue weighted by atomic mass is 10.1. The number of morpholine rings is 1. The van der Waals surface area contributed by atoms with Gasteiger partial charge in [0.2, 0.25) is 10.0 Å². The molecule has 0 N–H and O–H groups in total. The third kappa shape index (κ3) is 5.35. The van der Waals surface area contributed by atoms with Gasteiger partial charge < -0.3 is 14.4 Å². The second-order valence-corrected chi connectivity index (χ2v) is 9.32. The number of carbonyl (C=O) groups excluding carboxylic acids is 1. The van der Waals surface area contributed by atoms with Gasteiger partial charge in [0.05, 0.1) is 36.0 Å². The molecule has 0 radical (unpaired) electrons. The van der Waals surface area contributed by atoms with Gasteiger partial charge in [-0.1, -0.05) is 6.07 Å². The van der Waals surface area contributed by atoms with E-state index in [4.69, 9.17) is 9.47 Å². The van der Waals surface area contributed by atoms with Crippen molar-refractivity contribution in [3.8, 4) is 0 Å². The first-order valence-electron chi connectivity index (χ1n) is 9.85. The molecule has 1 fully saturated rings. The Morgan fingerprint density at radius 3 is 2.67 bits per heavy atom. The van der Waals surface area contributed by atoms with Crippen molar-refractivity contribution in [1.29, 1.82) is 0 Å². The van der Waals surface area contributed by atoms with Crippen molar-refractivity contribution in [2.24, 2.45) is 0 Å². The minimum absolute atomic E-state index is 0.0619. The van der Waals surface area contributed by atoms with Crippen LogP contribution in [-0.2, 0) is 25.9 Å². The largest absolute Gasteiger partial charge is 0.462 e. The van der Waals surface area contributed by atoms with Crippen LogP contribution in [0.4, 0.5) is 5.69 Å². The Kier molecular flexibility index (Phi) is 7.41. The standard InChI is InChI=1S/C21H27N3O5S/c1-23(2)30(26,27)18-7-8-20(24-10-13-28-14-11-24)19(15-18)21(25)29-12-4-6-17-5-3-9-22-16-17/h3,5,7-9,15-16H,4,6,10-14H2,1-2H3. The van der Waals surface area contributed by atoms with Gasteiger partial charge in [0.25, 0.3) is 0 Å². The van der Waals surface area contributed by atoms with Crippen LogP contribution >= 0.6 is 0 Å². The minimum atomic E-state index is -3.67. The van der Waals surface area contributed by atoms with Crippen LogP contribution in [0, 0.1) is 0 Å². The summed E-state index contributed by atoms with van der Waals surface area (Å²) < 4.78 is 37.1. The molecular formula is C21H27N3O5S. The summed E-state index contributed by atoms with van der Waals surface area (Å²) in [5, 5.41) is 0. The van der Waals surface area contributed by atoms with E-state index in [9.17, 15) is 13.2 Å². The van der Waals surface area contributed by atoms with Crippen molar-refractivity contribution in [3.63, 3.8) is 0 Å². The van der Waals surface area contributed by atoms with Crippen LogP contribution in [0.1, 0.15) is 22.3 Å². The molecule has 1 aliphatic heterocycles. The normalized spacial score (nSPS) is 14.7. The molecule has 0 amide bonds. The number of carbonyl (C=O) groups is 1. The van der Waals surface area contributed by atoms with Gasteiger partial charge in [-0.2, -0.15) is 0 Å². The first-order chi connectivity index (χ1) is 14.4. The van der Waals surface area contributed by atoms with E-state index in [2.05, 4.69) is 4.98 Å². The van der Waals surface area contributed by atoms with Crippen LogP contribution in [0.3, 0.4) is 0 Å². The lowest BCUT2D eigenvalue weighted by Crippen LogP contribution is -2.37. The number of rotatable bonds is 8. The highest BCUT2D eigenvalue weighted by molar-refractivity contribution is 7.89. The third-order valence-corrected chi connectivity index (χ3v) is 6.70. The van der Waals surface area contributed by atoms with Crippen LogP contribution in [0.25, 0.3) is 0 Å². The molecule has 0 unspecified atom stereocenters. The van der Waals surface area contributed by atoms with Crippen molar-refractivity contribution in [2.75, 3.05) is 51.9 Å². The van der Waals surface area contributed by atoms with Gasteiger partial charge in [-0.3, -0.25) is 4.98 Å². The molecule has 2 aromatic rings. The Labute approximate surface area is 177 Å². The van der Waals surface area contributed by atoms with E-state index in [1.54, 1.807) is 18.5 Å². The maximum Gasteiger partial charge on any atom is 0.340 e. The summed E-state index contributed by atoms with van der Waals surface area (Å²) in [6, 6.07) is 8.45. The van der Waals surface area contributed by atoms with E-state index in [1.165, 1.54) is 26.2 Å². The number of hydrogen-bond acceptors (Lipinski definition) is 7. The lowest BCUT2D eigenvalue weighted by molar-refractivity contribution is 0.0500. The van der Waals surface area contributed by atoms with Gasteiger partial charge in [-0.25, -0.2) is 17.5 Å². The number of sulfonamides is 1. The fourth-order valence-electron chi connectivity index (χ4n) is 3.19. The van der Waals surface area contributed by atoms with Crippen molar-refractivity contribution >= 4 is 21.7 Å². The minimum Gasteiger partial charge on any atom is -0.462 e. The van der Waals surface area contributed by atoms with Gasteiger partial charge >= 0.3 is 5.97 Å². The van der Waals surface area contributed by atoms with E-state index in [0.717, 1.165) is 16.3 Å². The molecule has 0 spiro atoms. The van der Waals surface area contributed by atoms with Crippen molar-refractivity contribution in [1.82, 2.24) is 9.29 Å². The number of aryl methyl sites for hydroxylation is 1. The van der Waals surface area contributed by atoms with E-state index in [-0.39, 0.29) is 17.1 Å². The number of ether oxygens (including phenoxy) is 2. The highest BCUT2D eigenvalue weighted by atomic mass is 32.2. The van der Waals surface area contributed by atoms with Gasteiger partial charge in [0.15, 0.2) is 0 Å². The predicted octanol–water partition coefficient (Wildman–Crippen LogP) is 1.96. The molecular weight excluding hydrogens is 406 g/mol. The summed E-state index contributed by atoms with van der Waals surface area (Å²) in [6.45, 7) is 2.59. The van der Waals surface area contributed by atoms with Crippen LogP contribution in [-0.4, -0.2) is 70.7 Å². The molecule has 1 aliphatic rings. The van der Waals surface area contributed by atoms with E-state index >= 15 is 0 Å². The topological polar surface area (TPSA) is 89.0 Å². The van der Waals surface area contributed by atoms with E-state index in [0.29, 0.717) is 38.4 Å². The third-order valence-electron chi connectivity index (χ3n) is 4.88. The average Bonchev–Trinajstić information content (AvgIpc) is 2.77. The molecule has 0 bridgehead atoms. The Morgan fingerprint density at radius 1 is 1.23 bits per heavy atom. The molecule has 0 saturated carbocycles. The molecule has 30 heavy (non-hydrogen) atoms. The summed E-state index contributed by atoms with van der Waals surface area (Å²) in [6.07, 6.45) is 4.89. The van der Waals surface area contributed by atoms with Gasteiger partial charge in [0.1, 0.15) is 0 Å². The second kappa shape index (κ2) is 10.0. The summed E-state index contributed by atoms with van der Waals surface area (Å²) in [5.74, 6) is -0.529. The first kappa shape index (κ1) is 22.2.